The van der Waals surface area contributed by atoms with Gasteiger partial charge in [0.25, 0.3) is 0 Å². The molecule has 0 saturated carbocycles. The molecule has 128 valence electrons. The number of alkyl halides is 3. The number of furan rings is 1. The summed E-state index contributed by atoms with van der Waals surface area (Å²) < 4.78 is 54.8. The molecule has 1 N–H and O–H groups in total. The van der Waals surface area contributed by atoms with E-state index < -0.39 is 42.0 Å². The first-order valence-electron chi connectivity index (χ1n) is 6.91. The highest BCUT2D eigenvalue weighted by Gasteiger charge is 2.62. The summed E-state index contributed by atoms with van der Waals surface area (Å²) in [5, 5.41) is 2.50. The van der Waals surface area contributed by atoms with E-state index in [1.807, 2.05) is 0 Å². The average molecular weight is 335 g/mol. The van der Waals surface area contributed by atoms with Crippen LogP contribution in [0.1, 0.15) is 18.7 Å². The molecule has 0 bridgehead atoms. The molecule has 4 atom stereocenters. The lowest BCUT2D eigenvalue weighted by molar-refractivity contribution is -0.200. The number of esters is 2. The van der Waals surface area contributed by atoms with Crippen LogP contribution in [0.5, 0.6) is 0 Å². The molecule has 0 aromatic carbocycles. The fourth-order valence-electron chi connectivity index (χ4n) is 2.80. The molecule has 1 saturated heterocycles. The van der Waals surface area contributed by atoms with E-state index >= 15 is 0 Å². The van der Waals surface area contributed by atoms with Crippen LogP contribution in [0, 0.1) is 11.8 Å². The average Bonchev–Trinajstić information content (AvgIpc) is 3.12. The maximum atomic E-state index is 13.5. The number of hydrogen-bond acceptors (Lipinski definition) is 6. The number of halogens is 3. The second kappa shape index (κ2) is 6.61. The van der Waals surface area contributed by atoms with Crippen LogP contribution < -0.4 is 5.32 Å². The van der Waals surface area contributed by atoms with Gasteiger partial charge in [-0.15, -0.1) is 0 Å². The topological polar surface area (TPSA) is 77.8 Å². The van der Waals surface area contributed by atoms with Crippen molar-refractivity contribution >= 4 is 11.9 Å². The molecular weight excluding hydrogens is 319 g/mol. The van der Waals surface area contributed by atoms with Gasteiger partial charge in [-0.05, 0) is 19.1 Å². The van der Waals surface area contributed by atoms with Gasteiger partial charge in [0.2, 0.25) is 0 Å². The maximum Gasteiger partial charge on any atom is 0.394 e. The summed E-state index contributed by atoms with van der Waals surface area (Å²) in [6, 6.07) is 0.0499. The van der Waals surface area contributed by atoms with Gasteiger partial charge < -0.3 is 13.9 Å². The van der Waals surface area contributed by atoms with E-state index in [-0.39, 0.29) is 12.4 Å². The molecule has 0 amide bonds. The summed E-state index contributed by atoms with van der Waals surface area (Å²) in [6.07, 6.45) is -3.53. The summed E-state index contributed by atoms with van der Waals surface area (Å²) in [4.78, 5) is 23.9. The second-order valence-electron chi connectivity index (χ2n) is 5.01. The minimum Gasteiger partial charge on any atom is -0.468 e. The zero-order valence-electron chi connectivity index (χ0n) is 12.4. The summed E-state index contributed by atoms with van der Waals surface area (Å²) in [7, 11) is 0.983. The van der Waals surface area contributed by atoms with Crippen molar-refractivity contribution in [1.29, 1.82) is 0 Å². The Morgan fingerprint density at radius 3 is 2.52 bits per heavy atom. The first-order valence-corrected chi connectivity index (χ1v) is 6.91. The van der Waals surface area contributed by atoms with Crippen molar-refractivity contribution in [2.45, 2.75) is 25.2 Å². The van der Waals surface area contributed by atoms with Crippen molar-refractivity contribution < 1.29 is 36.7 Å². The molecule has 9 heteroatoms. The van der Waals surface area contributed by atoms with Crippen LogP contribution in [-0.4, -0.2) is 37.9 Å². The lowest BCUT2D eigenvalue weighted by atomic mass is 9.85. The van der Waals surface area contributed by atoms with Crippen molar-refractivity contribution in [3.05, 3.63) is 24.2 Å². The summed E-state index contributed by atoms with van der Waals surface area (Å²) in [6.45, 7) is 1.41. The van der Waals surface area contributed by atoms with Crippen LogP contribution >= 0.6 is 0 Å². The fourth-order valence-corrected chi connectivity index (χ4v) is 2.80. The summed E-state index contributed by atoms with van der Waals surface area (Å²) >= 11 is 0. The van der Waals surface area contributed by atoms with Gasteiger partial charge in [-0.1, -0.05) is 0 Å². The molecule has 2 rings (SSSR count). The van der Waals surface area contributed by atoms with Crippen molar-refractivity contribution in [3.8, 4) is 0 Å². The highest BCUT2D eigenvalue weighted by atomic mass is 19.4. The van der Waals surface area contributed by atoms with Crippen molar-refractivity contribution in [3.63, 3.8) is 0 Å². The molecular formula is C14H16F3NO5. The number of hydrogen-bond donors (Lipinski definition) is 1. The van der Waals surface area contributed by atoms with E-state index in [1.54, 1.807) is 0 Å². The lowest BCUT2D eigenvalue weighted by Crippen LogP contribution is -2.45. The van der Waals surface area contributed by atoms with Crippen LogP contribution in [0.25, 0.3) is 0 Å². The predicted octanol–water partition coefficient (Wildman–Crippen LogP) is 1.82. The number of nitrogens with one attached hydrogen (secondary N) is 1. The zero-order chi connectivity index (χ0) is 17.2. The fraction of sp³-hybridized carbons (Fsp3) is 0.571. The highest BCUT2D eigenvalue weighted by molar-refractivity contribution is 5.81. The standard InChI is InChI=1S/C14H16F3NO5/c1-3-22-12(19)8-9(14(15,16)17)11(13(20)21-2)18-10(8)7-5-4-6-23-7/h4-6,8-11,18H,3H2,1-2H3/t8-,9+,10+,11+/m0/s1. The van der Waals surface area contributed by atoms with Gasteiger partial charge in [0.1, 0.15) is 11.8 Å². The van der Waals surface area contributed by atoms with Crippen molar-refractivity contribution in [1.82, 2.24) is 5.32 Å². The number of carbonyl (C=O) groups excluding carboxylic acids is 2. The van der Waals surface area contributed by atoms with Gasteiger partial charge in [0.15, 0.2) is 0 Å². The lowest BCUT2D eigenvalue weighted by Gasteiger charge is -2.24. The number of ether oxygens (including phenoxy) is 2. The molecule has 1 fully saturated rings. The minimum atomic E-state index is -4.80. The Hall–Kier alpha value is -2.03. The number of carbonyl (C=O) groups is 2. The number of rotatable bonds is 4. The van der Waals surface area contributed by atoms with Crippen LogP contribution in [-0.2, 0) is 19.1 Å². The van der Waals surface area contributed by atoms with Crippen LogP contribution in [0.15, 0.2) is 22.8 Å². The third kappa shape index (κ3) is 3.34. The van der Waals surface area contributed by atoms with E-state index in [0.29, 0.717) is 0 Å². The SMILES string of the molecule is CCOC(=O)[C@H]1[C@@H](C(F)(F)F)[C@H](C(=O)OC)N[C@@H]1c1ccco1. The third-order valence-electron chi connectivity index (χ3n) is 3.71. The molecule has 0 aliphatic carbocycles. The maximum absolute atomic E-state index is 13.5. The molecule has 0 unspecified atom stereocenters. The van der Waals surface area contributed by atoms with Gasteiger partial charge >= 0.3 is 18.1 Å². The highest BCUT2D eigenvalue weighted by Crippen LogP contribution is 2.46. The Kier molecular flexibility index (Phi) is 4.98. The molecule has 23 heavy (non-hydrogen) atoms. The van der Waals surface area contributed by atoms with Crippen LogP contribution in [0.2, 0.25) is 0 Å². The minimum absolute atomic E-state index is 0.0757. The Morgan fingerprint density at radius 2 is 2.04 bits per heavy atom. The summed E-state index contributed by atoms with van der Waals surface area (Å²) in [5.74, 6) is -5.95. The van der Waals surface area contributed by atoms with Crippen LogP contribution in [0.4, 0.5) is 13.2 Å². The molecule has 1 aromatic rings. The van der Waals surface area contributed by atoms with E-state index in [4.69, 9.17) is 9.15 Å². The third-order valence-corrected chi connectivity index (χ3v) is 3.71. The Morgan fingerprint density at radius 1 is 1.35 bits per heavy atom. The molecule has 0 radical (unpaired) electrons. The number of methoxy groups -OCH3 is 1. The largest absolute Gasteiger partial charge is 0.468 e. The Bertz CT molecular complexity index is 557. The molecule has 1 aromatic heterocycles. The van der Waals surface area contributed by atoms with E-state index in [9.17, 15) is 22.8 Å². The van der Waals surface area contributed by atoms with E-state index in [2.05, 4.69) is 10.1 Å². The van der Waals surface area contributed by atoms with Crippen molar-refractivity contribution in [2.75, 3.05) is 13.7 Å². The van der Waals surface area contributed by atoms with Crippen molar-refractivity contribution in [2.24, 2.45) is 11.8 Å². The summed E-state index contributed by atoms with van der Waals surface area (Å²) in [5.41, 5.74) is 0. The molecule has 1 aliphatic heterocycles. The Balaban J connectivity index is 2.46. The Labute approximate surface area is 129 Å². The normalized spacial score (nSPS) is 27.7. The smallest absolute Gasteiger partial charge is 0.394 e. The van der Waals surface area contributed by atoms with Gasteiger partial charge in [0.05, 0.1) is 37.9 Å². The quantitative estimate of drug-likeness (QED) is 0.846. The molecule has 6 nitrogen and oxygen atoms in total. The van der Waals surface area contributed by atoms with Gasteiger partial charge in [-0.25, -0.2) is 0 Å². The first kappa shape index (κ1) is 17.3. The molecule has 0 spiro atoms. The molecule has 1 aliphatic rings. The van der Waals surface area contributed by atoms with Gasteiger partial charge in [-0.2, -0.15) is 13.2 Å². The van der Waals surface area contributed by atoms with E-state index in [0.717, 1.165) is 7.11 Å². The molecule has 2 heterocycles. The van der Waals surface area contributed by atoms with Gasteiger partial charge in [0, 0.05) is 0 Å². The van der Waals surface area contributed by atoms with Gasteiger partial charge in [-0.3, -0.25) is 14.9 Å². The second-order valence-corrected chi connectivity index (χ2v) is 5.01. The first-order chi connectivity index (χ1) is 10.8. The zero-order valence-corrected chi connectivity index (χ0v) is 12.4. The monoisotopic (exact) mass is 335 g/mol. The van der Waals surface area contributed by atoms with Crippen LogP contribution in [0.3, 0.4) is 0 Å². The van der Waals surface area contributed by atoms with E-state index in [1.165, 1.54) is 25.3 Å². The predicted molar refractivity (Wildman–Crippen MR) is 70.1 cm³/mol.